The maximum Gasteiger partial charge on any atom is 0.400 e. The number of hydrogen-bond acceptors (Lipinski definition) is 4. The zero-order valence-corrected chi connectivity index (χ0v) is 30.8. The van der Waals surface area contributed by atoms with Crippen LogP contribution >= 0.6 is 11.3 Å². The van der Waals surface area contributed by atoms with Gasteiger partial charge in [0, 0.05) is 34.0 Å². The Bertz CT molecular complexity index is 1340. The number of halogens is 3. The van der Waals surface area contributed by atoms with E-state index in [-0.39, 0.29) is 17.5 Å². The highest BCUT2D eigenvalue weighted by molar-refractivity contribution is 7.10. The molecule has 0 aliphatic carbocycles. The molecule has 0 fully saturated rings. The Hall–Kier alpha value is -3.33. The van der Waals surface area contributed by atoms with Crippen molar-refractivity contribution in [2.75, 3.05) is 13.7 Å². The fraction of sp³-hybridized carbons (Fsp3) is 0.514. The van der Waals surface area contributed by atoms with Crippen molar-refractivity contribution in [3.8, 4) is 0 Å². The van der Waals surface area contributed by atoms with E-state index in [1.807, 2.05) is 38.3 Å². The minimum atomic E-state index is -4.48. The first kappa shape index (κ1) is 42.7. The molecule has 0 spiro atoms. The molecule has 0 unspecified atom stereocenters. The highest BCUT2D eigenvalue weighted by atomic mass is 32.1. The lowest BCUT2D eigenvalue weighted by Crippen LogP contribution is -2.36. The number of amidine groups is 1. The smallest absolute Gasteiger partial charge is 0.400 e. The van der Waals surface area contributed by atoms with Crippen LogP contribution in [-0.4, -0.2) is 36.5 Å². The minimum absolute atomic E-state index is 0.0115. The van der Waals surface area contributed by atoms with Gasteiger partial charge in [0.15, 0.2) is 0 Å². The molecule has 0 aromatic carbocycles. The van der Waals surface area contributed by atoms with Gasteiger partial charge in [-0.1, -0.05) is 74.8 Å². The zero-order chi connectivity index (χ0) is 35.7. The van der Waals surface area contributed by atoms with Crippen molar-refractivity contribution >= 4 is 23.1 Å². The summed E-state index contributed by atoms with van der Waals surface area (Å²) in [6, 6.07) is 0. The number of allylic oxidation sites excluding steroid dienone is 10. The number of carbonyl (C=O) groups is 1. The topological polar surface area (TPSA) is 67.9 Å². The van der Waals surface area contributed by atoms with Gasteiger partial charge in [-0.3, -0.25) is 4.79 Å². The number of nitrogens with zero attached hydrogens (tertiary/aromatic N) is 2. The van der Waals surface area contributed by atoms with Crippen LogP contribution in [0.25, 0.3) is 0 Å². The highest BCUT2D eigenvalue weighted by Gasteiger charge is 2.51. The number of fused-ring (bicyclic) bond motifs is 1. The van der Waals surface area contributed by atoms with Crippen LogP contribution in [0.1, 0.15) is 105 Å². The summed E-state index contributed by atoms with van der Waals surface area (Å²) in [6.07, 6.45) is 11.0. The summed E-state index contributed by atoms with van der Waals surface area (Å²) in [5.74, 6) is -0.00218. The van der Waals surface area contributed by atoms with Gasteiger partial charge in [-0.2, -0.15) is 13.2 Å². The van der Waals surface area contributed by atoms with E-state index in [4.69, 9.17) is 10.5 Å². The number of nitrogens with two attached hydrogens (primary N) is 1. The maximum absolute atomic E-state index is 13.5. The summed E-state index contributed by atoms with van der Waals surface area (Å²) in [7, 11) is 1.22. The second-order valence-corrected chi connectivity index (χ2v) is 12.6. The third-order valence-electron chi connectivity index (χ3n) is 7.21. The van der Waals surface area contributed by atoms with E-state index in [0.717, 1.165) is 29.9 Å². The number of ether oxygens (including phenoxy) is 1. The van der Waals surface area contributed by atoms with E-state index >= 15 is 0 Å². The third-order valence-corrected chi connectivity index (χ3v) is 8.22. The van der Waals surface area contributed by atoms with Crippen LogP contribution in [0.4, 0.5) is 13.2 Å². The van der Waals surface area contributed by atoms with E-state index < -0.39 is 11.6 Å². The molecule has 0 radical (unpaired) electrons. The first-order chi connectivity index (χ1) is 21.5. The van der Waals surface area contributed by atoms with Crippen LogP contribution in [0.15, 0.2) is 81.1 Å². The van der Waals surface area contributed by atoms with Crippen LogP contribution < -0.4 is 5.73 Å². The second kappa shape index (κ2) is 20.7. The number of thiophene rings is 1. The van der Waals surface area contributed by atoms with Crippen molar-refractivity contribution in [2.24, 2.45) is 16.1 Å². The first-order valence-corrected chi connectivity index (χ1v) is 16.7. The molecule has 1 aromatic rings. The molecule has 1 aliphatic rings. The number of alkyl halides is 3. The Morgan fingerprint density at radius 1 is 1.11 bits per heavy atom. The van der Waals surface area contributed by atoms with Gasteiger partial charge < -0.3 is 15.4 Å². The summed E-state index contributed by atoms with van der Waals surface area (Å²) >= 11 is 1.50. The predicted molar refractivity (Wildman–Crippen MR) is 191 cm³/mol. The van der Waals surface area contributed by atoms with Crippen molar-refractivity contribution in [3.63, 3.8) is 0 Å². The molecule has 2 heterocycles. The summed E-state index contributed by atoms with van der Waals surface area (Å²) in [5, 5.41) is 1.89. The van der Waals surface area contributed by atoms with E-state index in [0.29, 0.717) is 37.2 Å². The summed E-state index contributed by atoms with van der Waals surface area (Å²) in [4.78, 5) is 19.8. The highest BCUT2D eigenvalue weighted by Crippen LogP contribution is 2.44. The van der Waals surface area contributed by atoms with Gasteiger partial charge in [-0.15, -0.1) is 11.3 Å². The SMILES string of the molecule is C/C=C(\C)C(=O)N1CCc2c(C(N)=NC(=C\CC)/C=C(\OC)C(C)(C)C(F)(F)F)csc2C1.C/C=C\C=C/C(C)=C(C)C.CCC. The molecular formula is C37H56F3N3O2S. The molecule has 0 atom stereocenters. The van der Waals surface area contributed by atoms with Crippen LogP contribution in [0, 0.1) is 5.41 Å². The standard InChI is InChI=1S/C24H32F3N3O2S.C10H16.C3H8/c1-7-9-16(12-20(32-6)23(4,5)24(25,26)27)29-21(28)18-14-33-19-13-30(11-10-17(18)19)22(31)15(3)8-2;1-5-6-7-8-10(4)9(2)3;1-3-2/h8-9,12,14H,7,10-11,13H2,1-6H3,(H2,28,29);5-8H,1-4H3;3H2,1-2H3/b15-8+,16-9-,20-12-;6-5-,8-7-;. The summed E-state index contributed by atoms with van der Waals surface area (Å²) in [5.41, 5.74) is 9.65. The monoisotopic (exact) mass is 663 g/mol. The molecular weight excluding hydrogens is 607 g/mol. The first-order valence-electron chi connectivity index (χ1n) is 15.8. The van der Waals surface area contributed by atoms with Crippen molar-refractivity contribution in [1.82, 2.24) is 4.90 Å². The number of carbonyl (C=O) groups excluding carboxylic acids is 1. The lowest BCUT2D eigenvalue weighted by atomic mass is 9.89. The van der Waals surface area contributed by atoms with Crippen LogP contribution in [0.5, 0.6) is 0 Å². The van der Waals surface area contributed by atoms with Gasteiger partial charge in [-0.25, -0.2) is 4.99 Å². The van der Waals surface area contributed by atoms with E-state index in [1.165, 1.54) is 42.1 Å². The average Bonchev–Trinajstić information content (AvgIpc) is 3.42. The van der Waals surface area contributed by atoms with Crippen LogP contribution in [-0.2, 0) is 22.5 Å². The molecule has 9 heteroatoms. The molecule has 258 valence electrons. The average molecular weight is 664 g/mol. The molecule has 46 heavy (non-hydrogen) atoms. The van der Waals surface area contributed by atoms with Crippen LogP contribution in [0.2, 0.25) is 0 Å². The zero-order valence-electron chi connectivity index (χ0n) is 30.0. The van der Waals surface area contributed by atoms with E-state index in [1.54, 1.807) is 24.0 Å². The lowest BCUT2D eigenvalue weighted by Gasteiger charge is -2.29. The Labute approximate surface area is 280 Å². The number of aliphatic imine (C=N–C) groups is 1. The van der Waals surface area contributed by atoms with Crippen molar-refractivity contribution < 1.29 is 22.7 Å². The molecule has 1 amide bonds. The molecule has 2 N–H and O–H groups in total. The molecule has 2 rings (SSSR count). The molecule has 0 saturated carbocycles. The van der Waals surface area contributed by atoms with Crippen molar-refractivity contribution in [2.45, 2.75) is 108 Å². The van der Waals surface area contributed by atoms with Crippen molar-refractivity contribution in [1.29, 1.82) is 0 Å². The van der Waals surface area contributed by atoms with Gasteiger partial charge in [0.05, 0.1) is 19.4 Å². The van der Waals surface area contributed by atoms with Gasteiger partial charge in [-0.05, 0) is 73.8 Å². The molecule has 0 saturated heterocycles. The summed E-state index contributed by atoms with van der Waals surface area (Å²) in [6.45, 7) is 21.3. The molecule has 5 nitrogen and oxygen atoms in total. The predicted octanol–water partition coefficient (Wildman–Crippen LogP) is 10.6. The number of methoxy groups -OCH3 is 1. The van der Waals surface area contributed by atoms with Gasteiger partial charge in [0.1, 0.15) is 17.0 Å². The lowest BCUT2D eigenvalue weighted by molar-refractivity contribution is -0.208. The second-order valence-electron chi connectivity index (χ2n) is 11.6. The minimum Gasteiger partial charge on any atom is -0.500 e. The number of amides is 1. The van der Waals surface area contributed by atoms with E-state index in [2.05, 4.69) is 51.8 Å². The Balaban J connectivity index is 0.00000131. The maximum atomic E-state index is 13.5. The van der Waals surface area contributed by atoms with Gasteiger partial charge >= 0.3 is 6.18 Å². The van der Waals surface area contributed by atoms with Gasteiger partial charge in [0.25, 0.3) is 0 Å². The van der Waals surface area contributed by atoms with Crippen molar-refractivity contribution in [3.05, 3.63) is 92.1 Å². The third kappa shape index (κ3) is 13.2. The fourth-order valence-electron chi connectivity index (χ4n) is 3.88. The quantitative estimate of drug-likeness (QED) is 0.0940. The molecule has 1 aliphatic heterocycles. The Kier molecular flexibility index (Phi) is 19.2. The summed E-state index contributed by atoms with van der Waals surface area (Å²) < 4.78 is 45.6. The number of hydrogen-bond donors (Lipinski definition) is 1. The molecule has 1 aromatic heterocycles. The van der Waals surface area contributed by atoms with E-state index in [9.17, 15) is 18.0 Å². The van der Waals surface area contributed by atoms with Crippen LogP contribution in [0.3, 0.4) is 0 Å². The Morgan fingerprint density at radius 2 is 1.72 bits per heavy atom. The largest absolute Gasteiger partial charge is 0.500 e. The molecule has 0 bridgehead atoms. The normalized spacial score (nSPS) is 14.8. The number of rotatable bonds is 9. The fourth-order valence-corrected chi connectivity index (χ4v) is 4.99. The Morgan fingerprint density at radius 3 is 2.20 bits per heavy atom. The van der Waals surface area contributed by atoms with Gasteiger partial charge in [0.2, 0.25) is 5.91 Å².